The third kappa shape index (κ3) is 4.41. The number of carbonyl (C=O) groups is 1. The van der Waals surface area contributed by atoms with Crippen LogP contribution in [0.1, 0.15) is 18.4 Å². The van der Waals surface area contributed by atoms with Gasteiger partial charge in [-0.1, -0.05) is 12.1 Å². The summed E-state index contributed by atoms with van der Waals surface area (Å²) >= 11 is 0. The normalized spacial score (nSPS) is 16.5. The molecule has 1 aliphatic heterocycles. The molecule has 1 amide bonds. The Balaban J connectivity index is 1.74. The lowest BCUT2D eigenvalue weighted by Crippen LogP contribution is -2.29. The molecule has 4 rings (SSSR count). The first-order valence-corrected chi connectivity index (χ1v) is 9.73. The summed E-state index contributed by atoms with van der Waals surface area (Å²) in [7, 11) is 1.22. The zero-order valence-electron chi connectivity index (χ0n) is 16.6. The van der Waals surface area contributed by atoms with Crippen molar-refractivity contribution < 1.29 is 22.7 Å². The average Bonchev–Trinajstić information content (AvgIpc) is 3.41. The van der Waals surface area contributed by atoms with E-state index in [-0.39, 0.29) is 23.2 Å². The van der Waals surface area contributed by atoms with Gasteiger partial charge in [-0.2, -0.15) is 13.2 Å². The molecule has 11 heteroatoms. The van der Waals surface area contributed by atoms with E-state index in [0.717, 1.165) is 25.6 Å². The summed E-state index contributed by atoms with van der Waals surface area (Å²) in [6, 6.07) is 5.13. The second-order valence-corrected chi connectivity index (χ2v) is 7.17. The molecule has 1 aromatic carbocycles. The van der Waals surface area contributed by atoms with E-state index in [1.807, 2.05) is 0 Å². The third-order valence-electron chi connectivity index (χ3n) is 5.16. The van der Waals surface area contributed by atoms with Crippen LogP contribution >= 0.6 is 0 Å². The number of nitrogens with zero attached hydrogens (tertiary/aromatic N) is 2. The molecule has 31 heavy (non-hydrogen) atoms. The number of aromatic amines is 1. The number of fused-ring (bicyclic) bond motifs is 1. The van der Waals surface area contributed by atoms with Gasteiger partial charge in [0.05, 0.1) is 24.0 Å². The van der Waals surface area contributed by atoms with Crippen molar-refractivity contribution in [3.8, 4) is 11.3 Å². The Morgan fingerprint density at radius 2 is 2.19 bits per heavy atom. The lowest BCUT2D eigenvalue weighted by Gasteiger charge is -2.15. The average molecular weight is 434 g/mol. The Hall–Kier alpha value is -3.34. The molecule has 2 aromatic heterocycles. The third-order valence-corrected chi connectivity index (χ3v) is 5.16. The Kier molecular flexibility index (Phi) is 5.68. The molecule has 1 aliphatic rings. The molecule has 1 fully saturated rings. The molecule has 1 unspecified atom stereocenters. The number of hydrogen-bond donors (Lipinski definition) is 4. The van der Waals surface area contributed by atoms with E-state index in [1.165, 1.54) is 13.3 Å². The summed E-state index contributed by atoms with van der Waals surface area (Å²) in [5.74, 6) is 0.120. The van der Waals surface area contributed by atoms with E-state index in [2.05, 4.69) is 35.6 Å². The summed E-state index contributed by atoms with van der Waals surface area (Å²) in [6.45, 7) is 1.44. The smallest absolute Gasteiger partial charge is 0.419 e. The van der Waals surface area contributed by atoms with Gasteiger partial charge >= 0.3 is 12.3 Å². The van der Waals surface area contributed by atoms with Crippen molar-refractivity contribution in [3.05, 3.63) is 36.2 Å². The molecule has 1 atom stereocenters. The van der Waals surface area contributed by atoms with E-state index < -0.39 is 17.8 Å². The van der Waals surface area contributed by atoms with Gasteiger partial charge in [-0.25, -0.2) is 14.8 Å². The summed E-state index contributed by atoms with van der Waals surface area (Å²) in [5, 5.41) is 9.35. The predicted octanol–water partition coefficient (Wildman–Crippen LogP) is 3.99. The van der Waals surface area contributed by atoms with Crippen LogP contribution in [0.2, 0.25) is 0 Å². The molecule has 0 aliphatic carbocycles. The van der Waals surface area contributed by atoms with Crippen LogP contribution in [0, 0.1) is 0 Å². The topological polar surface area (TPSA) is 104 Å². The van der Waals surface area contributed by atoms with Crippen LogP contribution in [0.15, 0.2) is 30.6 Å². The fourth-order valence-electron chi connectivity index (χ4n) is 3.64. The largest absolute Gasteiger partial charge is 0.453 e. The minimum absolute atomic E-state index is 0.120. The van der Waals surface area contributed by atoms with Crippen LogP contribution in [0.5, 0.6) is 0 Å². The zero-order valence-corrected chi connectivity index (χ0v) is 16.6. The standard InChI is InChI=1S/C20H21F3N6O2/c1-31-19(30)28-15-6-2-5-12-13(9-25-17(12)15)16-14(20(21,22)23)10-27-18(29-16)26-8-11-4-3-7-24-11/h2,5-6,9-11,24-25H,3-4,7-8H2,1H3,(H,28,30)(H,26,27,29). The molecule has 3 aromatic rings. The van der Waals surface area contributed by atoms with Gasteiger partial charge in [0.25, 0.3) is 0 Å². The maximum absolute atomic E-state index is 13.7. The van der Waals surface area contributed by atoms with E-state index in [0.29, 0.717) is 23.1 Å². The Bertz CT molecular complexity index is 1090. The molecule has 0 bridgehead atoms. The lowest BCUT2D eigenvalue weighted by atomic mass is 10.1. The summed E-state index contributed by atoms with van der Waals surface area (Å²) in [4.78, 5) is 22.6. The first-order valence-electron chi connectivity index (χ1n) is 9.73. The fourth-order valence-corrected chi connectivity index (χ4v) is 3.64. The lowest BCUT2D eigenvalue weighted by molar-refractivity contribution is -0.137. The van der Waals surface area contributed by atoms with Gasteiger partial charge in [0.15, 0.2) is 0 Å². The van der Waals surface area contributed by atoms with Crippen molar-refractivity contribution in [3.63, 3.8) is 0 Å². The number of para-hydroxylation sites is 1. The van der Waals surface area contributed by atoms with Gasteiger partial charge in [-0.05, 0) is 25.5 Å². The van der Waals surface area contributed by atoms with Gasteiger partial charge in [-0.3, -0.25) is 5.32 Å². The number of nitrogens with one attached hydrogen (secondary N) is 4. The van der Waals surface area contributed by atoms with Gasteiger partial charge in [0.2, 0.25) is 5.95 Å². The SMILES string of the molecule is COC(=O)Nc1cccc2c(-c3nc(NCC4CCCN4)ncc3C(F)(F)F)c[nH]c12. The molecule has 3 heterocycles. The number of methoxy groups -OCH3 is 1. The number of rotatable bonds is 5. The number of amides is 1. The number of aromatic nitrogens is 3. The van der Waals surface area contributed by atoms with Gasteiger partial charge in [-0.15, -0.1) is 0 Å². The molecule has 4 N–H and O–H groups in total. The van der Waals surface area contributed by atoms with Crippen LogP contribution in [0.3, 0.4) is 0 Å². The van der Waals surface area contributed by atoms with Crippen LogP contribution in [0.25, 0.3) is 22.2 Å². The van der Waals surface area contributed by atoms with Crippen LogP contribution in [-0.2, 0) is 10.9 Å². The van der Waals surface area contributed by atoms with Gasteiger partial charge in [0, 0.05) is 35.9 Å². The van der Waals surface area contributed by atoms with Crippen molar-refractivity contribution in [1.29, 1.82) is 0 Å². The van der Waals surface area contributed by atoms with Gasteiger partial charge in [0.1, 0.15) is 5.56 Å². The van der Waals surface area contributed by atoms with Crippen molar-refractivity contribution >= 4 is 28.6 Å². The Labute approximate surface area is 175 Å². The molecular weight excluding hydrogens is 413 g/mol. The van der Waals surface area contributed by atoms with E-state index in [9.17, 15) is 18.0 Å². The number of alkyl halides is 3. The molecule has 8 nitrogen and oxygen atoms in total. The maximum atomic E-state index is 13.7. The monoisotopic (exact) mass is 434 g/mol. The highest BCUT2D eigenvalue weighted by atomic mass is 19.4. The van der Waals surface area contributed by atoms with Crippen molar-refractivity contribution in [2.24, 2.45) is 0 Å². The Morgan fingerprint density at radius 3 is 2.90 bits per heavy atom. The predicted molar refractivity (Wildman–Crippen MR) is 110 cm³/mol. The second kappa shape index (κ2) is 8.42. The highest BCUT2D eigenvalue weighted by Gasteiger charge is 2.36. The van der Waals surface area contributed by atoms with Crippen molar-refractivity contribution in [2.75, 3.05) is 30.8 Å². The number of hydrogen-bond acceptors (Lipinski definition) is 6. The number of ether oxygens (including phenoxy) is 1. The first-order chi connectivity index (χ1) is 14.9. The zero-order chi connectivity index (χ0) is 22.0. The Morgan fingerprint density at radius 1 is 1.35 bits per heavy atom. The molecule has 164 valence electrons. The second-order valence-electron chi connectivity index (χ2n) is 7.17. The first kappa shape index (κ1) is 20.9. The van der Waals surface area contributed by atoms with E-state index in [1.54, 1.807) is 18.2 Å². The number of anilines is 2. The summed E-state index contributed by atoms with van der Waals surface area (Å²) in [5.41, 5.74) is -0.0985. The van der Waals surface area contributed by atoms with Crippen LogP contribution in [0.4, 0.5) is 29.6 Å². The number of halogens is 3. The van der Waals surface area contributed by atoms with E-state index >= 15 is 0 Å². The highest BCUT2D eigenvalue weighted by Crippen LogP contribution is 2.39. The number of H-pyrrole nitrogens is 1. The van der Waals surface area contributed by atoms with E-state index in [4.69, 9.17) is 0 Å². The van der Waals surface area contributed by atoms with Crippen molar-refractivity contribution in [2.45, 2.75) is 25.1 Å². The molecule has 0 radical (unpaired) electrons. The number of carbonyl (C=O) groups excluding carboxylic acids is 1. The minimum Gasteiger partial charge on any atom is -0.453 e. The van der Waals surface area contributed by atoms with Crippen molar-refractivity contribution in [1.82, 2.24) is 20.3 Å². The summed E-state index contributed by atoms with van der Waals surface area (Å²) in [6.07, 6.45) is -1.04. The molecule has 1 saturated heterocycles. The highest BCUT2D eigenvalue weighted by molar-refractivity contribution is 6.04. The fraction of sp³-hybridized carbons (Fsp3) is 0.350. The minimum atomic E-state index is -4.63. The molecular formula is C20H21F3N6O2. The quantitative estimate of drug-likeness (QED) is 0.484. The van der Waals surface area contributed by atoms with Crippen LogP contribution in [-0.4, -0.2) is 47.3 Å². The number of benzene rings is 1. The molecule has 0 spiro atoms. The summed E-state index contributed by atoms with van der Waals surface area (Å²) < 4.78 is 45.7. The maximum Gasteiger partial charge on any atom is 0.419 e. The molecule has 0 saturated carbocycles. The van der Waals surface area contributed by atoms with Crippen LogP contribution < -0.4 is 16.0 Å². The van der Waals surface area contributed by atoms with Gasteiger partial charge < -0.3 is 20.4 Å².